The van der Waals surface area contributed by atoms with Crippen LogP contribution in [-0.4, -0.2) is 45.4 Å². The Kier molecular flexibility index (Phi) is 6.56. The van der Waals surface area contributed by atoms with Gasteiger partial charge in [0.25, 0.3) is 5.91 Å². The van der Waals surface area contributed by atoms with Crippen LogP contribution in [0, 0.1) is 0 Å². The van der Waals surface area contributed by atoms with Crippen molar-refractivity contribution in [2.24, 2.45) is 0 Å². The molecule has 0 spiro atoms. The van der Waals surface area contributed by atoms with Crippen molar-refractivity contribution in [2.75, 3.05) is 13.1 Å². The highest BCUT2D eigenvalue weighted by Gasteiger charge is 2.24. The van der Waals surface area contributed by atoms with Crippen molar-refractivity contribution in [1.82, 2.24) is 19.8 Å². The maximum atomic E-state index is 13.1. The third kappa shape index (κ3) is 4.90. The fourth-order valence-electron chi connectivity index (χ4n) is 4.21. The van der Waals surface area contributed by atoms with Crippen molar-refractivity contribution in [3.8, 4) is 0 Å². The number of rotatable bonds is 6. The lowest BCUT2D eigenvalue weighted by Crippen LogP contribution is -2.43. The van der Waals surface area contributed by atoms with E-state index in [9.17, 15) is 9.59 Å². The molecule has 2 heterocycles. The van der Waals surface area contributed by atoms with Gasteiger partial charge >= 0.3 is 0 Å². The Hall–Kier alpha value is -2.86. The van der Waals surface area contributed by atoms with Gasteiger partial charge in [-0.2, -0.15) is 0 Å². The predicted octanol–water partition coefficient (Wildman–Crippen LogP) is 4.06. The summed E-state index contributed by atoms with van der Waals surface area (Å²) in [4.78, 5) is 32.2. The van der Waals surface area contributed by atoms with Gasteiger partial charge in [0.2, 0.25) is 5.91 Å². The Morgan fingerprint density at radius 2 is 2.00 bits per heavy atom. The van der Waals surface area contributed by atoms with Crippen LogP contribution in [0.2, 0.25) is 5.02 Å². The average molecular weight is 439 g/mol. The first-order chi connectivity index (χ1) is 15.0. The minimum atomic E-state index is -0.177. The van der Waals surface area contributed by atoms with Gasteiger partial charge in [-0.3, -0.25) is 9.59 Å². The number of hydrogen-bond donors (Lipinski definition) is 1. The van der Waals surface area contributed by atoms with Crippen molar-refractivity contribution in [3.63, 3.8) is 0 Å². The van der Waals surface area contributed by atoms with E-state index in [1.807, 2.05) is 33.7 Å². The normalized spacial score (nSPS) is 16.5. The lowest BCUT2D eigenvalue weighted by atomic mass is 10.0. The SMILES string of the molecule is CC1CCCCN1C(=O)Cn1c(CCNC(=O)c2cccc(Cl)c2)nc2ccccc21. The highest BCUT2D eigenvalue weighted by atomic mass is 35.5. The fourth-order valence-corrected chi connectivity index (χ4v) is 4.40. The highest BCUT2D eigenvalue weighted by Crippen LogP contribution is 2.20. The van der Waals surface area contributed by atoms with Crippen LogP contribution >= 0.6 is 11.6 Å². The molecule has 1 saturated heterocycles. The maximum Gasteiger partial charge on any atom is 0.251 e. The lowest BCUT2D eigenvalue weighted by Gasteiger charge is -2.33. The van der Waals surface area contributed by atoms with E-state index in [1.54, 1.807) is 24.3 Å². The molecule has 1 aromatic heterocycles. The third-order valence-corrected chi connectivity index (χ3v) is 6.11. The molecule has 6 nitrogen and oxygen atoms in total. The van der Waals surface area contributed by atoms with Gasteiger partial charge in [-0.1, -0.05) is 29.8 Å². The smallest absolute Gasteiger partial charge is 0.251 e. The van der Waals surface area contributed by atoms with E-state index < -0.39 is 0 Å². The van der Waals surface area contributed by atoms with E-state index >= 15 is 0 Å². The minimum Gasteiger partial charge on any atom is -0.352 e. The summed E-state index contributed by atoms with van der Waals surface area (Å²) in [5.41, 5.74) is 2.32. The molecule has 7 heteroatoms. The molecular formula is C24H27ClN4O2. The van der Waals surface area contributed by atoms with Crippen LogP contribution in [0.15, 0.2) is 48.5 Å². The highest BCUT2D eigenvalue weighted by molar-refractivity contribution is 6.30. The number of aromatic nitrogens is 2. The molecule has 1 atom stereocenters. The number of para-hydroxylation sites is 2. The fraction of sp³-hybridized carbons (Fsp3) is 0.375. The standard InChI is InChI=1S/C24H27ClN4O2/c1-17-7-4-5-14-28(17)23(30)16-29-21-11-3-2-10-20(21)27-22(29)12-13-26-24(31)18-8-6-9-19(25)15-18/h2-3,6,8-11,15,17H,4-5,7,12-14,16H2,1H3,(H,26,31). The molecule has 1 aliphatic heterocycles. The van der Waals surface area contributed by atoms with Gasteiger partial charge in [0.15, 0.2) is 0 Å². The largest absolute Gasteiger partial charge is 0.352 e. The van der Waals surface area contributed by atoms with Crippen LogP contribution in [0.3, 0.4) is 0 Å². The van der Waals surface area contributed by atoms with Gasteiger partial charge in [0, 0.05) is 36.1 Å². The molecule has 2 amide bonds. The Balaban J connectivity index is 1.48. The molecule has 1 fully saturated rings. The number of nitrogens with one attached hydrogen (secondary N) is 1. The number of hydrogen-bond acceptors (Lipinski definition) is 3. The Morgan fingerprint density at radius 1 is 1.16 bits per heavy atom. The number of piperidine rings is 1. The van der Waals surface area contributed by atoms with Crippen molar-refractivity contribution >= 4 is 34.4 Å². The number of nitrogens with zero attached hydrogens (tertiary/aromatic N) is 3. The quantitative estimate of drug-likeness (QED) is 0.631. The van der Waals surface area contributed by atoms with Crippen molar-refractivity contribution in [3.05, 3.63) is 64.9 Å². The van der Waals surface area contributed by atoms with Crippen molar-refractivity contribution in [2.45, 2.75) is 45.2 Å². The van der Waals surface area contributed by atoms with Crippen LogP contribution in [0.4, 0.5) is 0 Å². The second-order valence-electron chi connectivity index (χ2n) is 8.05. The molecule has 3 aromatic rings. The van der Waals surface area contributed by atoms with Crippen molar-refractivity contribution in [1.29, 1.82) is 0 Å². The molecule has 162 valence electrons. The number of likely N-dealkylation sites (tertiary alicyclic amines) is 1. The summed E-state index contributed by atoms with van der Waals surface area (Å²) in [6.45, 7) is 3.62. The maximum absolute atomic E-state index is 13.1. The van der Waals surface area contributed by atoms with Crippen LogP contribution in [-0.2, 0) is 17.8 Å². The summed E-state index contributed by atoms with van der Waals surface area (Å²) in [5, 5.41) is 3.45. The Morgan fingerprint density at radius 3 is 2.81 bits per heavy atom. The number of halogens is 1. The number of imidazole rings is 1. The van der Waals surface area contributed by atoms with Crippen LogP contribution in [0.5, 0.6) is 0 Å². The Bertz CT molecular complexity index is 1090. The zero-order valence-electron chi connectivity index (χ0n) is 17.7. The van der Waals surface area contributed by atoms with Gasteiger partial charge in [0.05, 0.1) is 11.0 Å². The second kappa shape index (κ2) is 9.52. The molecule has 0 radical (unpaired) electrons. The van der Waals surface area contributed by atoms with E-state index in [1.165, 1.54) is 6.42 Å². The Labute approximate surface area is 187 Å². The first-order valence-corrected chi connectivity index (χ1v) is 11.2. The second-order valence-corrected chi connectivity index (χ2v) is 8.49. The first kappa shape index (κ1) is 21.4. The van der Waals surface area contributed by atoms with Gasteiger partial charge in [-0.15, -0.1) is 0 Å². The minimum absolute atomic E-state index is 0.125. The summed E-state index contributed by atoms with van der Waals surface area (Å²) < 4.78 is 1.99. The lowest BCUT2D eigenvalue weighted by molar-refractivity contribution is -0.135. The van der Waals surface area contributed by atoms with E-state index in [0.29, 0.717) is 23.6 Å². The predicted molar refractivity (Wildman–Crippen MR) is 122 cm³/mol. The van der Waals surface area contributed by atoms with Gasteiger partial charge < -0.3 is 14.8 Å². The molecule has 2 aromatic carbocycles. The zero-order chi connectivity index (χ0) is 21.8. The average Bonchev–Trinajstić information content (AvgIpc) is 3.11. The summed E-state index contributed by atoms with van der Waals surface area (Å²) in [6, 6.07) is 15.0. The number of carbonyl (C=O) groups is 2. The van der Waals surface area contributed by atoms with E-state index in [-0.39, 0.29) is 24.4 Å². The number of fused-ring (bicyclic) bond motifs is 1. The molecule has 4 rings (SSSR count). The molecule has 0 saturated carbocycles. The van der Waals surface area contributed by atoms with Gasteiger partial charge in [-0.25, -0.2) is 4.98 Å². The molecule has 0 aliphatic carbocycles. The van der Waals surface area contributed by atoms with Crippen LogP contribution < -0.4 is 5.32 Å². The van der Waals surface area contributed by atoms with Crippen LogP contribution in [0.1, 0.15) is 42.4 Å². The van der Waals surface area contributed by atoms with Crippen molar-refractivity contribution < 1.29 is 9.59 Å². The van der Waals surface area contributed by atoms with E-state index in [4.69, 9.17) is 16.6 Å². The van der Waals surface area contributed by atoms with Crippen LogP contribution in [0.25, 0.3) is 11.0 Å². The summed E-state index contributed by atoms with van der Waals surface area (Å²) in [6.07, 6.45) is 3.82. The zero-order valence-corrected chi connectivity index (χ0v) is 18.4. The van der Waals surface area contributed by atoms with Gasteiger partial charge in [0.1, 0.15) is 12.4 Å². The number of carbonyl (C=O) groups excluding carboxylic acids is 2. The molecule has 1 N–H and O–H groups in total. The molecule has 0 bridgehead atoms. The van der Waals surface area contributed by atoms with E-state index in [2.05, 4.69) is 12.2 Å². The number of benzene rings is 2. The summed E-state index contributed by atoms with van der Waals surface area (Å²) in [7, 11) is 0. The first-order valence-electron chi connectivity index (χ1n) is 10.8. The number of amides is 2. The van der Waals surface area contributed by atoms with E-state index in [0.717, 1.165) is 36.2 Å². The topological polar surface area (TPSA) is 67.2 Å². The van der Waals surface area contributed by atoms with Gasteiger partial charge in [-0.05, 0) is 56.5 Å². The summed E-state index contributed by atoms with van der Waals surface area (Å²) >= 11 is 5.98. The third-order valence-electron chi connectivity index (χ3n) is 5.87. The molecule has 1 aliphatic rings. The monoisotopic (exact) mass is 438 g/mol. The molecule has 1 unspecified atom stereocenters. The summed E-state index contributed by atoms with van der Waals surface area (Å²) in [5.74, 6) is 0.744. The molecule has 31 heavy (non-hydrogen) atoms. The molecular weight excluding hydrogens is 412 g/mol.